The predicted molar refractivity (Wildman–Crippen MR) is 117 cm³/mol. The Balaban J connectivity index is 2.03. The number of nitrogens with zero attached hydrogens (tertiary/aromatic N) is 3. The molecule has 29 heavy (non-hydrogen) atoms. The minimum atomic E-state index is -0.487. The summed E-state index contributed by atoms with van der Waals surface area (Å²) in [7, 11) is 1.87. The molecule has 0 aliphatic carbocycles. The second kappa shape index (κ2) is 9.43. The number of amides is 3. The number of urea groups is 1. The largest absolute Gasteiger partial charge is 0.338 e. The van der Waals surface area contributed by atoms with Crippen LogP contribution in [-0.2, 0) is 17.3 Å². The topological polar surface area (TPSA) is 88.9 Å². The van der Waals surface area contributed by atoms with Crippen molar-refractivity contribution in [2.75, 3.05) is 6.54 Å². The van der Waals surface area contributed by atoms with Gasteiger partial charge in [-0.3, -0.25) is 10.1 Å². The summed E-state index contributed by atoms with van der Waals surface area (Å²) in [4.78, 5) is 24.1. The number of carbonyl (C=O) groups excluding carboxylic acids is 2. The highest BCUT2D eigenvalue weighted by molar-refractivity contribution is 8.00. The summed E-state index contributed by atoms with van der Waals surface area (Å²) in [5, 5.41) is 13.7. The Morgan fingerprint density at radius 2 is 1.72 bits per heavy atom. The maximum atomic E-state index is 12.3. The first-order valence-electron chi connectivity index (χ1n) is 9.74. The minimum Gasteiger partial charge on any atom is -0.338 e. The lowest BCUT2D eigenvalue weighted by Crippen LogP contribution is -2.43. The maximum Gasteiger partial charge on any atom is 0.321 e. The summed E-state index contributed by atoms with van der Waals surface area (Å²) in [5.74, 6) is 0.683. The fraction of sp³-hybridized carbons (Fsp3) is 0.524. The van der Waals surface area contributed by atoms with Crippen LogP contribution in [0.2, 0.25) is 0 Å². The molecule has 1 unspecified atom stereocenters. The minimum absolute atomic E-state index is 0.0870. The van der Waals surface area contributed by atoms with E-state index in [4.69, 9.17) is 0 Å². The van der Waals surface area contributed by atoms with Crippen molar-refractivity contribution in [3.05, 3.63) is 29.8 Å². The third-order valence-corrected chi connectivity index (χ3v) is 5.54. The van der Waals surface area contributed by atoms with E-state index >= 15 is 0 Å². The van der Waals surface area contributed by atoms with Crippen molar-refractivity contribution in [3.63, 3.8) is 0 Å². The molecule has 7 nitrogen and oxygen atoms in total. The van der Waals surface area contributed by atoms with E-state index in [9.17, 15) is 9.59 Å². The van der Waals surface area contributed by atoms with Crippen LogP contribution in [0.1, 0.15) is 47.1 Å². The quantitative estimate of drug-likeness (QED) is 0.699. The number of hydrogen-bond donors (Lipinski definition) is 2. The van der Waals surface area contributed by atoms with Gasteiger partial charge in [0.05, 0.1) is 5.25 Å². The van der Waals surface area contributed by atoms with Gasteiger partial charge in [-0.05, 0) is 23.8 Å². The molecule has 2 N–H and O–H groups in total. The van der Waals surface area contributed by atoms with Gasteiger partial charge in [0.1, 0.15) is 0 Å². The SMILES string of the molecule is CC(C)CNC(=O)NC(=O)C(C)Sc1nnc(-c2ccc(C(C)(C)C)cc2)n1C. The predicted octanol–water partition coefficient (Wildman–Crippen LogP) is 3.74. The van der Waals surface area contributed by atoms with E-state index < -0.39 is 11.3 Å². The van der Waals surface area contributed by atoms with Crippen molar-refractivity contribution in [3.8, 4) is 11.4 Å². The highest BCUT2D eigenvalue weighted by Gasteiger charge is 2.21. The molecule has 1 heterocycles. The summed E-state index contributed by atoms with van der Waals surface area (Å²) < 4.78 is 1.86. The second-order valence-electron chi connectivity index (χ2n) is 8.55. The highest BCUT2D eigenvalue weighted by atomic mass is 32.2. The standard InChI is InChI=1S/C21H31N5O2S/c1-13(2)12-22-19(28)23-18(27)14(3)29-20-25-24-17(26(20)7)15-8-10-16(11-9-15)21(4,5)6/h8-11,13-14H,12H2,1-7H3,(H2,22,23,27,28). The molecular weight excluding hydrogens is 386 g/mol. The van der Waals surface area contributed by atoms with Gasteiger partial charge in [0.15, 0.2) is 11.0 Å². The van der Waals surface area contributed by atoms with E-state index in [0.29, 0.717) is 17.6 Å². The van der Waals surface area contributed by atoms with E-state index in [-0.39, 0.29) is 11.3 Å². The van der Waals surface area contributed by atoms with E-state index in [0.717, 1.165) is 11.4 Å². The van der Waals surface area contributed by atoms with Crippen LogP contribution in [-0.4, -0.2) is 38.5 Å². The molecule has 2 rings (SSSR count). The van der Waals surface area contributed by atoms with Crippen molar-refractivity contribution < 1.29 is 9.59 Å². The molecule has 0 saturated heterocycles. The van der Waals surface area contributed by atoms with Crippen molar-refractivity contribution in [1.82, 2.24) is 25.4 Å². The van der Waals surface area contributed by atoms with Crippen LogP contribution in [0.3, 0.4) is 0 Å². The molecule has 0 aliphatic rings. The van der Waals surface area contributed by atoms with Crippen LogP contribution in [0.15, 0.2) is 29.4 Å². The summed E-state index contributed by atoms with van der Waals surface area (Å²) >= 11 is 1.26. The Morgan fingerprint density at radius 1 is 1.10 bits per heavy atom. The summed E-state index contributed by atoms with van der Waals surface area (Å²) in [6, 6.07) is 7.79. The summed E-state index contributed by atoms with van der Waals surface area (Å²) in [6.45, 7) is 12.8. The number of hydrogen-bond acceptors (Lipinski definition) is 5. The monoisotopic (exact) mass is 417 g/mol. The normalized spacial score (nSPS) is 12.7. The fourth-order valence-electron chi connectivity index (χ4n) is 2.55. The third-order valence-electron chi connectivity index (χ3n) is 4.40. The molecule has 1 atom stereocenters. The Labute approximate surface area is 177 Å². The molecule has 0 saturated carbocycles. The first-order valence-corrected chi connectivity index (χ1v) is 10.6. The zero-order chi connectivity index (χ0) is 21.8. The molecular formula is C21H31N5O2S. The molecule has 0 bridgehead atoms. The third kappa shape index (κ3) is 6.32. The van der Waals surface area contributed by atoms with Gasteiger partial charge in [-0.2, -0.15) is 0 Å². The Morgan fingerprint density at radius 3 is 2.28 bits per heavy atom. The van der Waals surface area contributed by atoms with Gasteiger partial charge < -0.3 is 9.88 Å². The van der Waals surface area contributed by atoms with Crippen molar-refractivity contribution in [1.29, 1.82) is 0 Å². The molecule has 0 fully saturated rings. The smallest absolute Gasteiger partial charge is 0.321 e. The zero-order valence-electron chi connectivity index (χ0n) is 18.2. The molecule has 2 aromatic rings. The summed E-state index contributed by atoms with van der Waals surface area (Å²) in [5.41, 5.74) is 2.30. The number of rotatable bonds is 6. The molecule has 1 aromatic carbocycles. The van der Waals surface area contributed by atoms with Crippen LogP contribution < -0.4 is 10.6 Å². The lowest BCUT2D eigenvalue weighted by atomic mass is 9.87. The fourth-order valence-corrected chi connectivity index (χ4v) is 3.37. The number of nitrogens with one attached hydrogen (secondary N) is 2. The number of imide groups is 1. The van der Waals surface area contributed by atoms with Gasteiger partial charge in [-0.25, -0.2) is 4.79 Å². The van der Waals surface area contributed by atoms with Crippen molar-refractivity contribution in [2.24, 2.45) is 13.0 Å². The number of aromatic nitrogens is 3. The number of carbonyl (C=O) groups is 2. The number of benzene rings is 1. The first kappa shape index (κ1) is 22.9. The Hall–Kier alpha value is -2.35. The first-order chi connectivity index (χ1) is 13.5. The van der Waals surface area contributed by atoms with Crippen LogP contribution in [0, 0.1) is 5.92 Å². The highest BCUT2D eigenvalue weighted by Crippen LogP contribution is 2.28. The van der Waals surface area contributed by atoms with Crippen LogP contribution in [0.25, 0.3) is 11.4 Å². The van der Waals surface area contributed by atoms with E-state index in [1.165, 1.54) is 17.3 Å². The average molecular weight is 418 g/mol. The average Bonchev–Trinajstić information content (AvgIpc) is 2.99. The van der Waals surface area contributed by atoms with E-state index in [1.807, 2.05) is 37.6 Å². The Bertz CT molecular complexity index is 853. The van der Waals surface area contributed by atoms with Crippen LogP contribution in [0.5, 0.6) is 0 Å². The van der Waals surface area contributed by atoms with E-state index in [1.54, 1.807) is 6.92 Å². The van der Waals surface area contributed by atoms with Gasteiger partial charge in [-0.15, -0.1) is 10.2 Å². The molecule has 3 amide bonds. The van der Waals surface area contributed by atoms with Crippen LogP contribution >= 0.6 is 11.8 Å². The molecule has 0 spiro atoms. The van der Waals surface area contributed by atoms with Gasteiger partial charge in [0.25, 0.3) is 0 Å². The van der Waals surface area contributed by atoms with Gasteiger partial charge in [-0.1, -0.05) is 70.6 Å². The number of thioether (sulfide) groups is 1. The maximum absolute atomic E-state index is 12.3. The molecule has 1 aromatic heterocycles. The van der Waals surface area contributed by atoms with Crippen molar-refractivity contribution >= 4 is 23.7 Å². The lowest BCUT2D eigenvalue weighted by Gasteiger charge is -2.19. The Kier molecular flexibility index (Phi) is 7.46. The zero-order valence-corrected chi connectivity index (χ0v) is 19.1. The van der Waals surface area contributed by atoms with Crippen molar-refractivity contribution in [2.45, 2.75) is 57.4 Å². The van der Waals surface area contributed by atoms with E-state index in [2.05, 4.69) is 53.7 Å². The summed E-state index contributed by atoms with van der Waals surface area (Å²) in [6.07, 6.45) is 0. The molecule has 8 heteroatoms. The molecule has 0 aliphatic heterocycles. The van der Waals surface area contributed by atoms with Gasteiger partial charge >= 0.3 is 6.03 Å². The molecule has 158 valence electrons. The lowest BCUT2D eigenvalue weighted by molar-refractivity contribution is -0.119. The van der Waals surface area contributed by atoms with Crippen LogP contribution in [0.4, 0.5) is 4.79 Å². The van der Waals surface area contributed by atoms with Gasteiger partial charge in [0.2, 0.25) is 5.91 Å². The second-order valence-corrected chi connectivity index (χ2v) is 9.85. The van der Waals surface area contributed by atoms with Gasteiger partial charge in [0, 0.05) is 19.2 Å². The molecule has 0 radical (unpaired) electrons.